The zero-order valence-corrected chi connectivity index (χ0v) is 11.9. The fraction of sp³-hybridized carbons (Fsp3) is 0.357. The number of nitrogens with two attached hydrogens (primary N) is 1. The molecule has 0 fully saturated rings. The minimum Gasteiger partial charge on any atom is -0.497 e. The van der Waals surface area contributed by atoms with Crippen molar-refractivity contribution in [2.24, 2.45) is 5.73 Å². The van der Waals surface area contributed by atoms with Crippen LogP contribution in [-0.2, 0) is 6.42 Å². The van der Waals surface area contributed by atoms with E-state index in [2.05, 4.69) is 4.98 Å². The molecule has 1 aromatic heterocycles. The van der Waals surface area contributed by atoms with Crippen molar-refractivity contribution in [3.8, 4) is 5.75 Å². The molecule has 0 aliphatic carbocycles. The lowest BCUT2D eigenvalue weighted by molar-refractivity contribution is 0.415. The molecule has 2 rings (SSSR count). The van der Waals surface area contributed by atoms with Gasteiger partial charge in [-0.1, -0.05) is 6.92 Å². The monoisotopic (exact) mass is 282 g/mol. The summed E-state index contributed by atoms with van der Waals surface area (Å²) in [6, 6.07) is 7.57. The van der Waals surface area contributed by atoms with Crippen LogP contribution in [0.15, 0.2) is 29.1 Å². The Morgan fingerprint density at radius 3 is 2.74 bits per heavy atom. The second kappa shape index (κ2) is 6.59. The Bertz CT molecular complexity index is 610. The Morgan fingerprint density at radius 1 is 1.37 bits per heavy atom. The lowest BCUT2D eigenvalue weighted by Crippen LogP contribution is -2.25. The van der Waals surface area contributed by atoms with E-state index in [4.69, 9.17) is 10.5 Å². The second-order valence-electron chi connectivity index (χ2n) is 4.45. The number of hydrogen-bond donors (Lipinski definition) is 2. The van der Waals surface area contributed by atoms with Gasteiger partial charge in [-0.25, -0.2) is 0 Å². The maximum absolute atomic E-state index is 11.9. The van der Waals surface area contributed by atoms with E-state index in [1.807, 2.05) is 31.2 Å². The predicted molar refractivity (Wildman–Crippen MR) is 80.3 cm³/mol. The van der Waals surface area contributed by atoms with Gasteiger partial charge in [-0.05, 0) is 36.4 Å². The van der Waals surface area contributed by atoms with Gasteiger partial charge < -0.3 is 15.5 Å². The van der Waals surface area contributed by atoms with Crippen molar-refractivity contribution in [2.45, 2.75) is 25.8 Å². The maximum Gasteiger partial charge on any atom is 0.251 e. The minimum absolute atomic E-state index is 0. The number of ether oxygens (including phenoxy) is 1. The number of hydrogen-bond acceptors (Lipinski definition) is 3. The normalized spacial score (nSPS) is 11.9. The number of rotatable bonds is 4. The molecule has 4 nitrogen and oxygen atoms in total. The molecule has 0 aliphatic heterocycles. The first-order chi connectivity index (χ1) is 8.63. The Labute approximate surface area is 118 Å². The summed E-state index contributed by atoms with van der Waals surface area (Å²) in [6.07, 6.45) is 1.47. The lowest BCUT2D eigenvalue weighted by atomic mass is 10.0. The summed E-state index contributed by atoms with van der Waals surface area (Å²) in [5.41, 5.74) is 7.34. The fourth-order valence-electron chi connectivity index (χ4n) is 1.93. The molecule has 0 radical (unpaired) electrons. The molecule has 1 aromatic carbocycles. The van der Waals surface area contributed by atoms with E-state index >= 15 is 0 Å². The minimum atomic E-state index is -0.0698. The summed E-state index contributed by atoms with van der Waals surface area (Å²) in [6.45, 7) is 2.02. The van der Waals surface area contributed by atoms with Crippen molar-refractivity contribution in [2.75, 3.05) is 7.11 Å². The molecule has 0 spiro atoms. The summed E-state index contributed by atoms with van der Waals surface area (Å²) in [5, 5.41) is 0.994. The number of benzene rings is 1. The summed E-state index contributed by atoms with van der Waals surface area (Å²) in [7, 11) is 1.61. The van der Waals surface area contributed by atoms with Crippen molar-refractivity contribution in [1.29, 1.82) is 0 Å². The van der Waals surface area contributed by atoms with Crippen molar-refractivity contribution >= 4 is 23.3 Å². The van der Waals surface area contributed by atoms with E-state index in [1.165, 1.54) is 0 Å². The first-order valence-corrected chi connectivity index (χ1v) is 6.09. The lowest BCUT2D eigenvalue weighted by Gasteiger charge is -2.09. The highest BCUT2D eigenvalue weighted by molar-refractivity contribution is 5.85. The van der Waals surface area contributed by atoms with E-state index in [0.717, 1.165) is 28.6 Å². The molecule has 2 aromatic rings. The molecule has 1 heterocycles. The molecule has 0 amide bonds. The fourth-order valence-corrected chi connectivity index (χ4v) is 1.93. The highest BCUT2D eigenvalue weighted by Crippen LogP contribution is 2.18. The molecule has 1 unspecified atom stereocenters. The molecule has 19 heavy (non-hydrogen) atoms. The average Bonchev–Trinajstić information content (AvgIpc) is 2.38. The van der Waals surface area contributed by atoms with Gasteiger partial charge in [0.2, 0.25) is 0 Å². The Balaban J connectivity index is 0.00000180. The van der Waals surface area contributed by atoms with E-state index in [9.17, 15) is 4.79 Å². The number of nitrogens with one attached hydrogen (secondary N) is 1. The number of aromatic amines is 1. The van der Waals surface area contributed by atoms with Crippen LogP contribution in [0.1, 0.15) is 18.9 Å². The number of H-pyrrole nitrogens is 1. The predicted octanol–water partition coefficient (Wildman–Crippen LogP) is 2.24. The van der Waals surface area contributed by atoms with Crippen LogP contribution < -0.4 is 16.0 Å². The van der Waals surface area contributed by atoms with Crippen molar-refractivity contribution in [1.82, 2.24) is 4.98 Å². The Kier molecular flexibility index (Phi) is 5.39. The number of aromatic nitrogens is 1. The van der Waals surface area contributed by atoms with Crippen LogP contribution >= 0.6 is 12.4 Å². The van der Waals surface area contributed by atoms with Gasteiger partial charge in [0, 0.05) is 17.7 Å². The largest absolute Gasteiger partial charge is 0.497 e. The smallest absolute Gasteiger partial charge is 0.251 e. The molecule has 5 heteroatoms. The van der Waals surface area contributed by atoms with Gasteiger partial charge in [0.15, 0.2) is 0 Å². The molecule has 0 saturated carbocycles. The standard InChI is InChI=1S/C14H18N2O2.ClH/c1-3-11(15)7-10-6-9-4-5-12(18-2)8-13(9)16-14(10)17;/h4-6,8,11H,3,7,15H2,1-2H3,(H,16,17);1H. The van der Waals surface area contributed by atoms with Gasteiger partial charge in [-0.2, -0.15) is 0 Å². The van der Waals surface area contributed by atoms with Crippen molar-refractivity contribution in [3.05, 3.63) is 40.2 Å². The third-order valence-electron chi connectivity index (χ3n) is 3.14. The number of pyridine rings is 1. The molecule has 3 N–H and O–H groups in total. The topological polar surface area (TPSA) is 68.1 Å². The van der Waals surface area contributed by atoms with E-state index in [1.54, 1.807) is 7.11 Å². The van der Waals surface area contributed by atoms with Gasteiger partial charge in [0.25, 0.3) is 5.56 Å². The van der Waals surface area contributed by atoms with Gasteiger partial charge in [0.05, 0.1) is 12.6 Å². The van der Waals surface area contributed by atoms with Gasteiger partial charge in [0.1, 0.15) is 5.75 Å². The summed E-state index contributed by atoms with van der Waals surface area (Å²) in [4.78, 5) is 14.8. The number of halogens is 1. The second-order valence-corrected chi connectivity index (χ2v) is 4.45. The highest BCUT2D eigenvalue weighted by Gasteiger charge is 2.07. The summed E-state index contributed by atoms with van der Waals surface area (Å²) >= 11 is 0. The molecule has 104 valence electrons. The third kappa shape index (κ3) is 3.49. The molecule has 0 saturated heterocycles. The third-order valence-corrected chi connectivity index (χ3v) is 3.14. The van der Waals surface area contributed by atoms with Gasteiger partial charge in [-0.15, -0.1) is 12.4 Å². The van der Waals surface area contributed by atoms with Crippen LogP contribution in [0, 0.1) is 0 Å². The molecular formula is C14H19ClN2O2. The first-order valence-electron chi connectivity index (χ1n) is 6.09. The van der Waals surface area contributed by atoms with Crippen LogP contribution in [0.3, 0.4) is 0 Å². The van der Waals surface area contributed by atoms with E-state index in [0.29, 0.717) is 6.42 Å². The SMILES string of the molecule is CCC(N)Cc1cc2ccc(OC)cc2[nH]c1=O.Cl. The Hall–Kier alpha value is -1.52. The number of fused-ring (bicyclic) bond motifs is 1. The first kappa shape index (κ1) is 15.5. The van der Waals surface area contributed by atoms with Crippen molar-refractivity contribution < 1.29 is 4.74 Å². The highest BCUT2D eigenvalue weighted by atomic mass is 35.5. The van der Waals surface area contributed by atoms with E-state index < -0.39 is 0 Å². The molecule has 1 atom stereocenters. The summed E-state index contributed by atoms with van der Waals surface area (Å²) < 4.78 is 5.13. The van der Waals surface area contributed by atoms with Crippen LogP contribution in [-0.4, -0.2) is 18.1 Å². The summed E-state index contributed by atoms with van der Waals surface area (Å²) in [5.74, 6) is 0.733. The zero-order chi connectivity index (χ0) is 13.1. The van der Waals surface area contributed by atoms with Crippen molar-refractivity contribution in [3.63, 3.8) is 0 Å². The Morgan fingerprint density at radius 2 is 2.11 bits per heavy atom. The average molecular weight is 283 g/mol. The maximum atomic E-state index is 11.9. The zero-order valence-electron chi connectivity index (χ0n) is 11.1. The van der Waals surface area contributed by atoms with Crippen LogP contribution in [0.2, 0.25) is 0 Å². The molecule has 0 bridgehead atoms. The van der Waals surface area contributed by atoms with Crippen LogP contribution in [0.5, 0.6) is 5.75 Å². The molecule has 0 aliphatic rings. The van der Waals surface area contributed by atoms with Crippen LogP contribution in [0.4, 0.5) is 0 Å². The quantitative estimate of drug-likeness (QED) is 0.904. The van der Waals surface area contributed by atoms with E-state index in [-0.39, 0.29) is 24.0 Å². The molecular weight excluding hydrogens is 264 g/mol. The van der Waals surface area contributed by atoms with Gasteiger partial charge in [-0.3, -0.25) is 4.79 Å². The van der Waals surface area contributed by atoms with Crippen LogP contribution in [0.25, 0.3) is 10.9 Å². The number of methoxy groups -OCH3 is 1. The van der Waals surface area contributed by atoms with Gasteiger partial charge >= 0.3 is 0 Å².